The second-order valence-electron chi connectivity index (χ2n) is 37.3. The van der Waals surface area contributed by atoms with Crippen LogP contribution >= 0.6 is 0 Å². The summed E-state index contributed by atoms with van der Waals surface area (Å²) < 4.78 is 130. The zero-order valence-corrected chi connectivity index (χ0v) is 77.3. The Labute approximate surface area is 838 Å². The first kappa shape index (κ1) is 123. The quantitative estimate of drug-likeness (QED) is 0.0270. The van der Waals surface area contributed by atoms with Crippen LogP contribution in [0.3, 0.4) is 0 Å². The van der Waals surface area contributed by atoms with E-state index in [-0.39, 0.29) is 0 Å². The van der Waals surface area contributed by atoms with Crippen molar-refractivity contribution in [2.24, 2.45) is 5.73 Å². The number of carboxylic acid groups (broad SMARTS) is 5. The van der Waals surface area contributed by atoms with Gasteiger partial charge in [-0.2, -0.15) is 0 Å². The minimum absolute atomic E-state index is 0.925. The number of nitrogens with two attached hydrogens (primary N) is 1. The Bertz CT molecular complexity index is 4290. The van der Waals surface area contributed by atoms with Crippen LogP contribution in [0.15, 0.2) is 0 Å². The van der Waals surface area contributed by atoms with E-state index in [4.69, 9.17) is 115 Å². The van der Waals surface area contributed by atoms with Crippen LogP contribution in [-0.2, 0) is 133 Å². The molecule has 12 saturated heterocycles. The van der Waals surface area contributed by atoms with Crippen LogP contribution in [0.4, 0.5) is 0 Å². The summed E-state index contributed by atoms with van der Waals surface area (Å²) in [5.41, 5.74) is 6.37. The molecule has 12 fully saturated rings. The summed E-state index contributed by atoms with van der Waals surface area (Å²) in [5.74, 6) is -18.5. The number of carbonyl (C=O) groups is 5. The fraction of sp³-hybridized carbons (Fsp3) is 0.937. The van der Waals surface area contributed by atoms with Gasteiger partial charge in [-0.3, -0.25) is 0 Å². The summed E-state index contributed by atoms with van der Waals surface area (Å²) in [6, 6.07) is -2.15. The predicted molar refractivity (Wildman–Crippen MR) is 439 cm³/mol. The first-order valence-corrected chi connectivity index (χ1v) is 46.1. The third-order valence-corrected chi connectivity index (χ3v) is 27.2. The lowest BCUT2D eigenvalue weighted by Gasteiger charge is -2.53. The van der Waals surface area contributed by atoms with E-state index in [1.165, 1.54) is 0 Å². The minimum atomic E-state index is -3.83. The molecule has 0 amide bonds. The molecule has 0 radical (unpaired) electrons. The van der Waals surface area contributed by atoms with Crippen LogP contribution in [0, 0.1) is 0 Å². The minimum Gasteiger partial charge on any atom is -0.479 e. The van der Waals surface area contributed by atoms with Crippen molar-refractivity contribution in [1.29, 1.82) is 0 Å². The molecule has 71 heteroatoms. The second-order valence-corrected chi connectivity index (χ2v) is 37.3. The van der Waals surface area contributed by atoms with Crippen molar-refractivity contribution < 1.29 is 347 Å². The highest BCUT2D eigenvalue weighted by atomic mass is 16.8. The maximum Gasteiger partial charge on any atom is 0.364 e. The molecule has 71 nitrogen and oxygen atoms in total. The molecule has 0 aromatic carbocycles. The molecule has 0 bridgehead atoms. The fourth-order valence-corrected chi connectivity index (χ4v) is 18.6. The zero-order chi connectivity index (χ0) is 111. The van der Waals surface area contributed by atoms with Crippen molar-refractivity contribution in [2.75, 3.05) is 59.5 Å². The van der Waals surface area contributed by atoms with Gasteiger partial charge in [0.15, 0.2) is 81.2 Å². The van der Waals surface area contributed by atoms with Gasteiger partial charge in [-0.05, 0) is 0 Å². The van der Waals surface area contributed by atoms with Gasteiger partial charge < -0.3 is 329 Å². The summed E-state index contributed by atoms with van der Waals surface area (Å²) in [4.78, 5) is 64.2. The standard InChI is InChI=1S/C79H127NO70/c80-23-28(96)54(139-71-43(111)30(98)26(94)21(134-71)10-130-67-39(107)29(97)25(93)19(6-84)132-67)20(7-85)133-66(23)142-57-38(106)45(113)73(147-62(57)65(121)122)141-56-46(114)50(17(91)9-128-68-40(108)32(100)35(103)49(136-68)16(90)8-129-69-41(109)33(101)36(104)59(144-69)63(117)118)137-74(47(56)115)143-58-48(116)75(140-55-18(2-78(127,76(123)124)149-53(55)15(89)5-83)148-79(77(125)126)1-12(86)24(92)51(150-79)13(87)3-81)138-52(14(88)4-82)61(58)146-72-44(112)31(99)27(95)22(135-72)11-131-70-42(110)34(102)37(105)60(145-70)64(119)120/h12-62,66-75,81-116,127H,1-11,80H2,(H,117,118)(H,119,120)(H,121,122)(H,123,124)(H,125,126)/t12-,13-,14+,15-,16+,17+,18-,19-,20-,21-,22-,23-,24-,25-,26-,27-,28-,29+,30+,31+,32+,33+,34+,35+,36-,37-,38-,39-,40+,41-,42-,43-,44-,45-,46-,47+,48+,49-,50-,51-,52-,53-,54-,55-,56+,57-,58-,59+,60+,61-,62+,66-,67-,68+,69-,70-,71+,72+,73+,74-,75-,78-,79-/m1/s1. The maximum absolute atomic E-state index is 13.6. The highest BCUT2D eigenvalue weighted by molar-refractivity contribution is 5.77. The van der Waals surface area contributed by atoms with E-state index in [2.05, 4.69) is 0 Å². The third kappa shape index (κ3) is 25.8. The van der Waals surface area contributed by atoms with Gasteiger partial charge in [-0.1, -0.05) is 0 Å². The number of aliphatic hydroxyl groups excluding tert-OH is 36. The summed E-state index contributed by atoms with van der Waals surface area (Å²) in [5, 5.41) is 466. The fourth-order valence-electron chi connectivity index (χ4n) is 18.6. The first-order chi connectivity index (χ1) is 70.4. The van der Waals surface area contributed by atoms with Crippen LogP contribution in [-0.4, -0.2) is 689 Å². The van der Waals surface area contributed by atoms with Crippen molar-refractivity contribution in [3.8, 4) is 0 Å². The monoisotopic (exact) mass is 2210 g/mol. The molecule has 12 aliphatic rings. The van der Waals surface area contributed by atoms with Crippen molar-refractivity contribution in [1.82, 2.24) is 0 Å². The predicted octanol–water partition coefficient (Wildman–Crippen LogP) is -29.1. The van der Waals surface area contributed by atoms with Crippen molar-refractivity contribution in [2.45, 2.75) is 399 Å². The Hall–Kier alpha value is -5.09. The molecule has 12 aliphatic heterocycles. The highest BCUT2D eigenvalue weighted by Crippen LogP contribution is 2.46. The van der Waals surface area contributed by atoms with E-state index in [9.17, 15) is 238 Å². The zero-order valence-electron chi connectivity index (χ0n) is 77.3. The molecule has 0 aromatic heterocycles. The lowest BCUT2D eigenvalue weighted by atomic mass is 9.89. The first-order valence-electron chi connectivity index (χ1n) is 46.1. The molecule has 150 heavy (non-hydrogen) atoms. The lowest BCUT2D eigenvalue weighted by Crippen LogP contribution is -2.71. The van der Waals surface area contributed by atoms with E-state index in [0.29, 0.717) is 0 Å². The number of hydrogen-bond donors (Lipinski definition) is 43. The maximum atomic E-state index is 13.6. The Morgan fingerprint density at radius 1 is 0.280 bits per heavy atom. The summed E-state index contributed by atoms with van der Waals surface area (Å²) in [7, 11) is 0. The van der Waals surface area contributed by atoms with Crippen LogP contribution in [0.25, 0.3) is 0 Å². The van der Waals surface area contributed by atoms with Gasteiger partial charge >= 0.3 is 29.8 Å². The molecule has 12 heterocycles. The summed E-state index contributed by atoms with van der Waals surface area (Å²) in [6.07, 6.45) is -154. The summed E-state index contributed by atoms with van der Waals surface area (Å²) >= 11 is 0. The average molecular weight is 2210 g/mol. The molecule has 0 saturated carbocycles. The Balaban J connectivity index is 0.893. The molecule has 63 atom stereocenters. The van der Waals surface area contributed by atoms with E-state index in [1.54, 1.807) is 0 Å². The molecule has 0 spiro atoms. The van der Waals surface area contributed by atoms with E-state index in [0.717, 1.165) is 0 Å². The van der Waals surface area contributed by atoms with Gasteiger partial charge in [0, 0.05) is 12.8 Å². The van der Waals surface area contributed by atoms with E-state index < -0.39 is 488 Å². The van der Waals surface area contributed by atoms with Crippen LogP contribution < -0.4 is 5.73 Å². The highest BCUT2D eigenvalue weighted by Gasteiger charge is 2.67. The number of ether oxygens (including phenoxy) is 23. The smallest absolute Gasteiger partial charge is 0.364 e. The Morgan fingerprint density at radius 2 is 0.633 bits per heavy atom. The van der Waals surface area contributed by atoms with Gasteiger partial charge in [0.25, 0.3) is 11.6 Å². The van der Waals surface area contributed by atoms with Crippen molar-refractivity contribution >= 4 is 29.8 Å². The SMILES string of the molecule is N[C@H]1[C@@H](O[C@@H]2[C@H](O)[C@@H](O)[C@@H](O[C@@H]3[C@H](O)[C@@H](O[C@@H]4[C@H](O)[C@@H](O[C@H]5[C@@H]([C@H](O)CO)O[C@@](O)(C(=O)O)C[C@H]5O[C@]5(C(=O)O)C[C@@H](O)[C@@H](O)[C@@H]([C@H](O)CO)O5)O[C@H]([C@@H](O)CO)[C@H]4O[C@@H]4O[C@H](CO[C@@H]5O[C@H](C(=O)O)[C@H](O)[C@H](O)[C@H]5O)[C@@H](O)[C@H](O)[C@H]4O)O[C@H]([C@@H](O)CO[C@H]4O[C@H]([C@@H](O)CO[C@@H]5O[C@H](C(=O)O)[C@H](O)[C@H](O)[C@H]5O)[C@@H](O)[C@H](O)[C@@H]4O)[C@H]3O)O[C@@H]2C(=O)O)O[C@H](CO)[C@@H](O[C@@H]2O[C@H](CO[C@@H]3O[C@H](CO)[C@@H](O)[C@H](O)[C@H]3O)[C@@H](O)[C@H](O)[C@H]2O)[C@@H]1O. The number of aliphatic carboxylic acids is 5. The number of carboxylic acids is 5. The number of rotatable bonds is 41. The lowest BCUT2D eigenvalue weighted by molar-refractivity contribution is -0.417. The molecular weight excluding hydrogens is 2080 g/mol. The third-order valence-electron chi connectivity index (χ3n) is 27.2. The Kier molecular flexibility index (Phi) is 42.4. The normalized spacial score (nSPS) is 50.0. The molecule has 44 N–H and O–H groups in total. The second kappa shape index (κ2) is 51.5. The van der Waals surface area contributed by atoms with Crippen LogP contribution in [0.5, 0.6) is 0 Å². The Morgan fingerprint density at radius 3 is 1.11 bits per heavy atom. The van der Waals surface area contributed by atoms with E-state index in [1.807, 2.05) is 0 Å². The summed E-state index contributed by atoms with van der Waals surface area (Å²) in [6.45, 7) is -12.1. The van der Waals surface area contributed by atoms with E-state index >= 15 is 0 Å². The van der Waals surface area contributed by atoms with Crippen LogP contribution in [0.2, 0.25) is 0 Å². The molecule has 0 unspecified atom stereocenters. The molecular formula is C79H127NO70. The molecule has 12 rings (SSSR count). The van der Waals surface area contributed by atoms with Crippen molar-refractivity contribution in [3.63, 3.8) is 0 Å². The van der Waals surface area contributed by atoms with Gasteiger partial charge in [0.1, 0.15) is 275 Å². The molecule has 0 aromatic rings. The number of hydrogen-bond acceptors (Lipinski definition) is 66. The average Bonchev–Trinajstić information content (AvgIpc) is 0.740. The van der Waals surface area contributed by atoms with Gasteiger partial charge in [-0.15, -0.1) is 0 Å². The topological polar surface area (TPSA) is 1170 Å². The molecule has 868 valence electrons. The van der Waals surface area contributed by atoms with Gasteiger partial charge in [-0.25, -0.2) is 24.0 Å². The van der Waals surface area contributed by atoms with Gasteiger partial charge in [0.05, 0.1) is 77.7 Å². The molecule has 0 aliphatic carbocycles. The largest absolute Gasteiger partial charge is 0.479 e. The number of aliphatic hydroxyl groups is 37. The van der Waals surface area contributed by atoms with Crippen molar-refractivity contribution in [3.05, 3.63) is 0 Å². The van der Waals surface area contributed by atoms with Crippen LogP contribution in [0.1, 0.15) is 12.8 Å². The van der Waals surface area contributed by atoms with Gasteiger partial charge in [0.2, 0.25) is 0 Å².